The SMILES string of the molecule is Cc1ccc(S(=O)(=O)OC[C@@]23CCC(=O)C=C2CC[C@H]2[C@H]3CC[C@]3(C)C(=O)CC[C@H]23)cc1. The van der Waals surface area contributed by atoms with Gasteiger partial charge in [-0.3, -0.25) is 13.8 Å². The van der Waals surface area contributed by atoms with E-state index in [1.165, 1.54) is 0 Å². The lowest BCUT2D eigenvalue weighted by atomic mass is 9.47. The Labute approximate surface area is 190 Å². The van der Waals surface area contributed by atoms with Gasteiger partial charge in [0.05, 0.1) is 11.5 Å². The maximum atomic E-state index is 13.0. The molecule has 0 unspecified atom stereocenters. The standard InChI is InChI=1S/C26H32O5S/c1-17-3-6-20(7-4-17)32(29,30)31-16-26-14-11-19(27)15-18(26)5-8-21-22-9-10-24(28)25(22,2)13-12-23(21)26/h3-4,6-7,15,21-23H,5,8-14,16H2,1-2H3/t21-,22-,23-,25+,26+/m1/s1. The van der Waals surface area contributed by atoms with Crippen LogP contribution in [0.1, 0.15) is 63.9 Å². The molecule has 3 saturated carbocycles. The Morgan fingerprint density at radius 3 is 2.47 bits per heavy atom. The monoisotopic (exact) mass is 456 g/mol. The van der Waals surface area contributed by atoms with E-state index < -0.39 is 15.5 Å². The van der Waals surface area contributed by atoms with Gasteiger partial charge in [-0.05, 0) is 81.4 Å². The Bertz CT molecular complexity index is 1090. The number of rotatable bonds is 4. The van der Waals surface area contributed by atoms with Crippen LogP contribution in [0.4, 0.5) is 0 Å². The number of ketones is 2. The lowest BCUT2D eigenvalue weighted by molar-refractivity contribution is -0.133. The van der Waals surface area contributed by atoms with Gasteiger partial charge in [-0.1, -0.05) is 30.2 Å². The van der Waals surface area contributed by atoms with E-state index >= 15 is 0 Å². The normalized spacial score (nSPS) is 36.8. The molecule has 0 bridgehead atoms. The van der Waals surface area contributed by atoms with E-state index in [0.29, 0.717) is 36.9 Å². The highest BCUT2D eigenvalue weighted by Crippen LogP contribution is 2.64. The number of hydrogen-bond donors (Lipinski definition) is 0. The molecule has 5 nitrogen and oxygen atoms in total. The van der Waals surface area contributed by atoms with Crippen LogP contribution in [0.5, 0.6) is 0 Å². The highest BCUT2D eigenvalue weighted by molar-refractivity contribution is 7.86. The molecular formula is C26H32O5S. The van der Waals surface area contributed by atoms with E-state index in [0.717, 1.165) is 43.2 Å². The Kier molecular flexibility index (Phi) is 5.25. The van der Waals surface area contributed by atoms with Gasteiger partial charge in [-0.2, -0.15) is 8.42 Å². The van der Waals surface area contributed by atoms with E-state index in [9.17, 15) is 18.0 Å². The predicted molar refractivity (Wildman–Crippen MR) is 120 cm³/mol. The van der Waals surface area contributed by atoms with Gasteiger partial charge in [-0.25, -0.2) is 0 Å². The van der Waals surface area contributed by atoms with Crippen molar-refractivity contribution in [3.8, 4) is 0 Å². The first-order chi connectivity index (χ1) is 15.2. The lowest BCUT2D eigenvalue weighted by Crippen LogP contribution is -2.53. The molecule has 4 aliphatic carbocycles. The van der Waals surface area contributed by atoms with E-state index in [2.05, 4.69) is 6.92 Å². The van der Waals surface area contributed by atoms with Crippen LogP contribution in [0.25, 0.3) is 0 Å². The van der Waals surface area contributed by atoms with E-state index in [1.54, 1.807) is 30.3 Å². The van der Waals surface area contributed by atoms with Crippen molar-refractivity contribution in [1.82, 2.24) is 0 Å². The van der Waals surface area contributed by atoms with Crippen LogP contribution in [0.2, 0.25) is 0 Å². The summed E-state index contributed by atoms with van der Waals surface area (Å²) in [4.78, 5) is 25.1. The molecule has 0 N–H and O–H groups in total. The highest BCUT2D eigenvalue weighted by Gasteiger charge is 2.60. The first-order valence-corrected chi connectivity index (χ1v) is 13.3. The van der Waals surface area contributed by atoms with Crippen molar-refractivity contribution in [3.05, 3.63) is 41.5 Å². The fourth-order valence-corrected chi connectivity index (χ4v) is 8.33. The lowest BCUT2D eigenvalue weighted by Gasteiger charge is -2.57. The second kappa shape index (κ2) is 7.63. The molecule has 4 aliphatic rings. The van der Waals surface area contributed by atoms with Crippen molar-refractivity contribution in [3.63, 3.8) is 0 Å². The van der Waals surface area contributed by atoms with Crippen molar-refractivity contribution in [2.45, 2.75) is 70.1 Å². The molecule has 0 aromatic heterocycles. The second-order valence-electron chi connectivity index (χ2n) is 10.7. The Hall–Kier alpha value is -1.79. The van der Waals surface area contributed by atoms with Crippen LogP contribution in [0.3, 0.4) is 0 Å². The van der Waals surface area contributed by atoms with Crippen molar-refractivity contribution >= 4 is 21.7 Å². The van der Waals surface area contributed by atoms with Gasteiger partial charge in [0.25, 0.3) is 10.1 Å². The minimum atomic E-state index is -3.89. The summed E-state index contributed by atoms with van der Waals surface area (Å²) in [6.07, 6.45) is 7.96. The van der Waals surface area contributed by atoms with E-state index in [4.69, 9.17) is 4.18 Å². The molecule has 5 atom stereocenters. The third kappa shape index (κ3) is 3.33. The van der Waals surface area contributed by atoms with Gasteiger partial charge < -0.3 is 0 Å². The molecule has 0 amide bonds. The van der Waals surface area contributed by atoms with E-state index in [-0.39, 0.29) is 28.6 Å². The van der Waals surface area contributed by atoms with Gasteiger partial charge in [0.2, 0.25) is 0 Å². The number of fused-ring (bicyclic) bond motifs is 5. The summed E-state index contributed by atoms with van der Waals surface area (Å²) in [5.74, 6) is 1.53. The zero-order valence-corrected chi connectivity index (χ0v) is 19.7. The molecule has 0 aliphatic heterocycles. The molecule has 5 rings (SSSR count). The summed E-state index contributed by atoms with van der Waals surface area (Å²) in [6.45, 7) is 4.14. The maximum absolute atomic E-state index is 13.0. The van der Waals surface area contributed by atoms with Crippen LogP contribution in [0.15, 0.2) is 40.8 Å². The molecule has 172 valence electrons. The first-order valence-electron chi connectivity index (χ1n) is 11.9. The number of Topliss-reactive ketones (excluding diaryl/α,β-unsaturated/α-hetero) is 1. The molecule has 0 radical (unpaired) electrons. The molecule has 32 heavy (non-hydrogen) atoms. The topological polar surface area (TPSA) is 77.5 Å². The number of carbonyl (C=O) groups is 2. The second-order valence-corrected chi connectivity index (χ2v) is 12.3. The van der Waals surface area contributed by atoms with Crippen molar-refractivity contribution < 1.29 is 22.2 Å². The zero-order chi connectivity index (χ0) is 22.7. The summed E-state index contributed by atoms with van der Waals surface area (Å²) in [5.41, 5.74) is 1.40. The highest BCUT2D eigenvalue weighted by atomic mass is 32.2. The smallest absolute Gasteiger partial charge is 0.297 e. The van der Waals surface area contributed by atoms with Gasteiger partial charge in [0, 0.05) is 23.7 Å². The number of hydrogen-bond acceptors (Lipinski definition) is 5. The summed E-state index contributed by atoms with van der Waals surface area (Å²) in [5, 5.41) is 0. The number of benzene rings is 1. The molecule has 0 heterocycles. The number of carbonyl (C=O) groups excluding carboxylic acids is 2. The van der Waals surface area contributed by atoms with Crippen LogP contribution < -0.4 is 0 Å². The molecule has 1 aromatic carbocycles. The van der Waals surface area contributed by atoms with Crippen LogP contribution >= 0.6 is 0 Å². The fraction of sp³-hybridized carbons (Fsp3) is 0.615. The third-order valence-electron chi connectivity index (χ3n) is 9.18. The summed E-state index contributed by atoms with van der Waals surface area (Å²) < 4.78 is 31.8. The van der Waals surface area contributed by atoms with Gasteiger partial charge in [0.15, 0.2) is 5.78 Å². The molecule has 3 fully saturated rings. The Morgan fingerprint density at radius 2 is 1.72 bits per heavy atom. The van der Waals surface area contributed by atoms with Crippen molar-refractivity contribution in [2.75, 3.05) is 6.61 Å². The molecule has 1 aromatic rings. The van der Waals surface area contributed by atoms with Crippen LogP contribution in [-0.2, 0) is 23.9 Å². The Balaban J connectivity index is 1.47. The van der Waals surface area contributed by atoms with Gasteiger partial charge >= 0.3 is 0 Å². The average Bonchev–Trinajstić information content (AvgIpc) is 3.07. The molecule has 0 spiro atoms. The molecular weight excluding hydrogens is 424 g/mol. The van der Waals surface area contributed by atoms with Crippen molar-refractivity contribution in [2.24, 2.45) is 28.6 Å². The van der Waals surface area contributed by atoms with E-state index in [1.807, 2.05) is 6.92 Å². The fourth-order valence-electron chi connectivity index (χ4n) is 7.36. The number of aryl methyl sites for hydroxylation is 1. The van der Waals surface area contributed by atoms with Gasteiger partial charge in [0.1, 0.15) is 5.78 Å². The quantitative estimate of drug-likeness (QED) is 0.609. The minimum Gasteiger partial charge on any atom is -0.299 e. The average molecular weight is 457 g/mol. The zero-order valence-electron chi connectivity index (χ0n) is 18.9. The summed E-state index contributed by atoms with van der Waals surface area (Å²) in [7, 11) is -3.89. The van der Waals surface area contributed by atoms with Crippen molar-refractivity contribution in [1.29, 1.82) is 0 Å². The first kappa shape index (κ1) is 22.0. The summed E-state index contributed by atoms with van der Waals surface area (Å²) >= 11 is 0. The van der Waals surface area contributed by atoms with Crippen LogP contribution in [-0.4, -0.2) is 26.6 Å². The minimum absolute atomic E-state index is 0.0842. The molecule has 0 saturated heterocycles. The molecule has 6 heteroatoms. The third-order valence-corrected chi connectivity index (χ3v) is 10.5. The Morgan fingerprint density at radius 1 is 0.969 bits per heavy atom. The predicted octanol–water partition coefficient (Wildman–Crippen LogP) is 4.78. The summed E-state index contributed by atoms with van der Waals surface area (Å²) in [6, 6.07) is 6.72. The largest absolute Gasteiger partial charge is 0.299 e. The maximum Gasteiger partial charge on any atom is 0.297 e. The van der Waals surface area contributed by atoms with Crippen LogP contribution in [0, 0.1) is 35.5 Å². The van der Waals surface area contributed by atoms with Gasteiger partial charge in [-0.15, -0.1) is 0 Å².